The number of fused-ring (bicyclic) bond motifs is 2. The van der Waals surface area contributed by atoms with E-state index in [1.54, 1.807) is 6.33 Å². The zero-order valence-electron chi connectivity index (χ0n) is 15.3. The number of nitrogen functional groups attached to an aromatic ring is 1. The molecule has 0 saturated carbocycles. The number of anilines is 1. The van der Waals surface area contributed by atoms with Gasteiger partial charge in [0, 0.05) is 0 Å². The third-order valence-electron chi connectivity index (χ3n) is 5.60. The van der Waals surface area contributed by atoms with Crippen LogP contribution in [0.1, 0.15) is 27.0 Å². The van der Waals surface area contributed by atoms with Gasteiger partial charge in [0.2, 0.25) is 0 Å². The Balaban J connectivity index is 1.49. The maximum absolute atomic E-state index is 6.31. The number of nitrogens with zero attached hydrogens (tertiary/aromatic N) is 4. The van der Waals surface area contributed by atoms with E-state index < -0.39 is 8.32 Å². The molecule has 0 amide bonds. The minimum Gasteiger partial charge on any atom is -0.414 e. The van der Waals surface area contributed by atoms with Crippen molar-refractivity contribution in [3.63, 3.8) is 0 Å². The summed E-state index contributed by atoms with van der Waals surface area (Å²) in [6.07, 6.45) is 2.90. The van der Waals surface area contributed by atoms with Crippen LogP contribution < -0.4 is 5.73 Å². The summed E-state index contributed by atoms with van der Waals surface area (Å²) < 4.78 is 20.2. The van der Waals surface area contributed by atoms with E-state index in [2.05, 4.69) is 48.8 Å². The fourth-order valence-electron chi connectivity index (χ4n) is 2.92. The van der Waals surface area contributed by atoms with E-state index >= 15 is 0 Å². The summed E-state index contributed by atoms with van der Waals surface area (Å²) >= 11 is 0. The van der Waals surface area contributed by atoms with Crippen LogP contribution >= 0.6 is 0 Å². The second kappa shape index (κ2) is 5.47. The van der Waals surface area contributed by atoms with Crippen LogP contribution in [0.15, 0.2) is 12.7 Å². The molecule has 0 aromatic carbocycles. The Kier molecular flexibility index (Phi) is 3.70. The largest absolute Gasteiger partial charge is 0.414 e. The lowest BCUT2D eigenvalue weighted by molar-refractivity contribution is -0.0803. The SMILES string of the molecule is CC(C)(C)[Si](C)(C)OC[C@H]1O[C@@H](n2cnc3c(N)ncnc32)[C@@H]2O[C@@H]21. The molecular weight excluding hydrogens is 338 g/mol. The van der Waals surface area contributed by atoms with Crippen molar-refractivity contribution in [2.45, 2.75) is 63.4 Å². The van der Waals surface area contributed by atoms with E-state index in [0.717, 1.165) is 0 Å². The quantitative estimate of drug-likeness (QED) is 0.655. The van der Waals surface area contributed by atoms with Gasteiger partial charge in [-0.2, -0.15) is 0 Å². The van der Waals surface area contributed by atoms with Gasteiger partial charge in [-0.25, -0.2) is 15.0 Å². The number of aromatic nitrogens is 4. The predicted octanol–water partition coefficient (Wildman–Crippen LogP) is 2.10. The smallest absolute Gasteiger partial charge is 0.192 e. The van der Waals surface area contributed by atoms with Crippen LogP contribution in [-0.4, -0.2) is 52.8 Å². The Morgan fingerprint density at radius 2 is 1.96 bits per heavy atom. The highest BCUT2D eigenvalue weighted by atomic mass is 28.4. The summed E-state index contributed by atoms with van der Waals surface area (Å²) in [6, 6.07) is 0. The molecule has 0 bridgehead atoms. The summed E-state index contributed by atoms with van der Waals surface area (Å²) in [4.78, 5) is 12.6. The van der Waals surface area contributed by atoms with Gasteiger partial charge in [0.1, 0.15) is 30.2 Å². The van der Waals surface area contributed by atoms with Gasteiger partial charge in [-0.1, -0.05) is 20.8 Å². The molecule has 2 fully saturated rings. The first-order valence-electron chi connectivity index (χ1n) is 8.57. The minimum atomic E-state index is -1.81. The predicted molar refractivity (Wildman–Crippen MR) is 95.5 cm³/mol. The van der Waals surface area contributed by atoms with Gasteiger partial charge in [0.25, 0.3) is 0 Å². The fraction of sp³-hybridized carbons (Fsp3) is 0.688. The second-order valence-electron chi connectivity index (χ2n) is 8.28. The van der Waals surface area contributed by atoms with Crippen LogP contribution in [0.4, 0.5) is 5.82 Å². The van der Waals surface area contributed by atoms with Crippen molar-refractivity contribution in [2.24, 2.45) is 0 Å². The Labute approximate surface area is 147 Å². The van der Waals surface area contributed by atoms with Gasteiger partial charge in [0.05, 0.1) is 12.9 Å². The molecule has 136 valence electrons. The van der Waals surface area contributed by atoms with Crippen LogP contribution in [0, 0.1) is 0 Å². The zero-order valence-corrected chi connectivity index (χ0v) is 16.3. The third kappa shape index (κ3) is 2.75. The van der Waals surface area contributed by atoms with Crippen molar-refractivity contribution in [3.8, 4) is 0 Å². The van der Waals surface area contributed by atoms with Crippen molar-refractivity contribution in [1.29, 1.82) is 0 Å². The van der Waals surface area contributed by atoms with Crippen LogP contribution in [0.5, 0.6) is 0 Å². The highest BCUT2D eigenvalue weighted by Crippen LogP contribution is 2.46. The van der Waals surface area contributed by atoms with Crippen LogP contribution in [0.2, 0.25) is 18.1 Å². The monoisotopic (exact) mass is 363 g/mol. The number of hydrogen-bond donors (Lipinski definition) is 1. The summed E-state index contributed by atoms with van der Waals surface area (Å²) in [6.45, 7) is 11.7. The standard InChI is InChI=1S/C16H25N5O3Si/c1-16(2,3)25(4,5)22-6-9-11-12(24-11)15(23-9)21-8-20-10-13(17)18-7-19-14(10)21/h7-9,11-12,15H,6H2,1-5H3,(H2,17,18,19)/t9-,11-,12-,15-/m1/s1. The molecule has 25 heavy (non-hydrogen) atoms. The van der Waals surface area contributed by atoms with Crippen molar-refractivity contribution in [1.82, 2.24) is 19.5 Å². The molecule has 2 aliphatic heterocycles. The molecule has 9 heteroatoms. The van der Waals surface area contributed by atoms with Gasteiger partial charge in [0.15, 0.2) is 26.0 Å². The highest BCUT2D eigenvalue weighted by Gasteiger charge is 2.59. The molecule has 0 unspecified atom stereocenters. The molecule has 2 N–H and O–H groups in total. The summed E-state index contributed by atoms with van der Waals surface area (Å²) in [5.41, 5.74) is 7.11. The molecule has 4 rings (SSSR count). The molecule has 0 aliphatic carbocycles. The minimum absolute atomic E-state index is 0.0154. The van der Waals surface area contributed by atoms with Crippen molar-refractivity contribution in [2.75, 3.05) is 12.3 Å². The molecule has 2 aromatic heterocycles. The summed E-state index contributed by atoms with van der Waals surface area (Å²) in [7, 11) is -1.81. The number of epoxide rings is 1. The molecule has 4 atom stereocenters. The van der Waals surface area contributed by atoms with Crippen molar-refractivity contribution in [3.05, 3.63) is 12.7 Å². The Hall–Kier alpha value is -1.55. The molecule has 8 nitrogen and oxygen atoms in total. The lowest BCUT2D eigenvalue weighted by Gasteiger charge is -2.37. The molecule has 2 aromatic rings. The molecule has 0 radical (unpaired) electrons. The van der Waals surface area contributed by atoms with E-state index in [0.29, 0.717) is 23.6 Å². The first-order chi connectivity index (χ1) is 11.7. The van der Waals surface area contributed by atoms with Crippen LogP contribution in [0.25, 0.3) is 11.2 Å². The van der Waals surface area contributed by atoms with E-state index in [-0.39, 0.29) is 29.6 Å². The molecule has 4 heterocycles. The van der Waals surface area contributed by atoms with E-state index in [9.17, 15) is 0 Å². The summed E-state index contributed by atoms with van der Waals surface area (Å²) in [5, 5.41) is 0.170. The lowest BCUT2D eigenvalue weighted by Crippen LogP contribution is -2.43. The average molecular weight is 363 g/mol. The fourth-order valence-corrected chi connectivity index (χ4v) is 3.93. The van der Waals surface area contributed by atoms with Gasteiger partial charge in [-0.05, 0) is 18.1 Å². The molecule has 2 saturated heterocycles. The molecule has 0 spiro atoms. The van der Waals surface area contributed by atoms with Gasteiger partial charge in [-0.3, -0.25) is 4.57 Å². The van der Waals surface area contributed by atoms with Crippen LogP contribution in [-0.2, 0) is 13.9 Å². The Morgan fingerprint density at radius 1 is 1.20 bits per heavy atom. The third-order valence-corrected chi connectivity index (χ3v) is 10.1. The number of rotatable bonds is 4. The molecule has 2 aliphatic rings. The lowest BCUT2D eigenvalue weighted by atomic mass is 10.2. The van der Waals surface area contributed by atoms with Crippen LogP contribution in [0.3, 0.4) is 0 Å². The Morgan fingerprint density at radius 3 is 2.68 bits per heavy atom. The normalized spacial score (nSPS) is 29.2. The number of ether oxygens (including phenoxy) is 2. The average Bonchev–Trinajstić information content (AvgIpc) is 3.05. The first-order valence-corrected chi connectivity index (χ1v) is 11.5. The van der Waals surface area contributed by atoms with Gasteiger partial charge in [-0.15, -0.1) is 0 Å². The first kappa shape index (κ1) is 16.9. The van der Waals surface area contributed by atoms with Crippen molar-refractivity contribution >= 4 is 25.3 Å². The van der Waals surface area contributed by atoms with E-state index in [1.165, 1.54) is 6.33 Å². The van der Waals surface area contributed by atoms with Crippen molar-refractivity contribution < 1.29 is 13.9 Å². The van der Waals surface area contributed by atoms with E-state index in [1.807, 2.05) is 4.57 Å². The van der Waals surface area contributed by atoms with E-state index in [4.69, 9.17) is 19.6 Å². The zero-order chi connectivity index (χ0) is 18.0. The molecular formula is C16H25N5O3Si. The maximum atomic E-state index is 6.31. The van der Waals surface area contributed by atoms with Gasteiger partial charge < -0.3 is 19.6 Å². The van der Waals surface area contributed by atoms with Gasteiger partial charge >= 0.3 is 0 Å². The number of hydrogen-bond acceptors (Lipinski definition) is 7. The maximum Gasteiger partial charge on any atom is 0.192 e. The topological polar surface area (TPSA) is 101 Å². The second-order valence-corrected chi connectivity index (χ2v) is 13.1. The highest BCUT2D eigenvalue weighted by molar-refractivity contribution is 6.74. The number of nitrogens with two attached hydrogens (primary N) is 1. The summed E-state index contributed by atoms with van der Waals surface area (Å²) in [5.74, 6) is 0.368. The number of imidazole rings is 1. The Bertz CT molecular complexity index is 803.